The number of ether oxygens (including phenoxy) is 1. The SMILES string of the molecule is CC(c1ccncc1)N1CCC(OCCCN)CC1. The Labute approximate surface area is 116 Å². The van der Waals surface area contributed by atoms with Gasteiger partial charge in [0.1, 0.15) is 0 Å². The molecule has 0 spiro atoms. The predicted molar refractivity (Wildman–Crippen MR) is 76.9 cm³/mol. The Morgan fingerprint density at radius 3 is 2.68 bits per heavy atom. The second-order valence-corrected chi connectivity index (χ2v) is 5.20. The van der Waals surface area contributed by atoms with Gasteiger partial charge in [0.15, 0.2) is 0 Å². The van der Waals surface area contributed by atoms with Gasteiger partial charge >= 0.3 is 0 Å². The minimum absolute atomic E-state index is 0.424. The lowest BCUT2D eigenvalue weighted by molar-refractivity contribution is -0.000754. The van der Waals surface area contributed by atoms with E-state index in [4.69, 9.17) is 10.5 Å². The zero-order valence-corrected chi connectivity index (χ0v) is 11.8. The lowest BCUT2D eigenvalue weighted by Gasteiger charge is -2.36. The summed E-state index contributed by atoms with van der Waals surface area (Å²) in [6.07, 6.45) is 7.38. The van der Waals surface area contributed by atoms with Gasteiger partial charge in [-0.05, 0) is 50.4 Å². The quantitative estimate of drug-likeness (QED) is 0.797. The van der Waals surface area contributed by atoms with Gasteiger partial charge in [-0.2, -0.15) is 0 Å². The van der Waals surface area contributed by atoms with E-state index in [1.165, 1.54) is 5.56 Å². The van der Waals surface area contributed by atoms with Gasteiger partial charge in [-0.15, -0.1) is 0 Å². The summed E-state index contributed by atoms with van der Waals surface area (Å²) in [6, 6.07) is 4.68. The van der Waals surface area contributed by atoms with Crippen molar-refractivity contribution in [3.05, 3.63) is 30.1 Å². The zero-order valence-electron chi connectivity index (χ0n) is 11.8. The number of nitrogens with zero attached hydrogens (tertiary/aromatic N) is 2. The molecule has 106 valence electrons. The zero-order chi connectivity index (χ0) is 13.5. The van der Waals surface area contributed by atoms with Crippen LogP contribution in [0.5, 0.6) is 0 Å². The number of pyridine rings is 1. The molecule has 19 heavy (non-hydrogen) atoms. The highest BCUT2D eigenvalue weighted by molar-refractivity contribution is 5.14. The molecule has 0 aromatic carbocycles. The summed E-state index contributed by atoms with van der Waals surface area (Å²) in [6.45, 7) is 6.01. The monoisotopic (exact) mass is 263 g/mol. The topological polar surface area (TPSA) is 51.4 Å². The van der Waals surface area contributed by atoms with E-state index >= 15 is 0 Å². The molecule has 0 aliphatic carbocycles. The molecule has 2 rings (SSSR count). The first kappa shape index (κ1) is 14.4. The highest BCUT2D eigenvalue weighted by atomic mass is 16.5. The van der Waals surface area contributed by atoms with Crippen LogP contribution in [-0.4, -0.2) is 42.2 Å². The molecule has 1 aliphatic rings. The molecule has 1 aromatic rings. The number of likely N-dealkylation sites (tertiary alicyclic amines) is 1. The van der Waals surface area contributed by atoms with Crippen molar-refractivity contribution < 1.29 is 4.74 Å². The maximum atomic E-state index is 5.84. The first-order valence-corrected chi connectivity index (χ1v) is 7.27. The molecule has 0 radical (unpaired) electrons. The van der Waals surface area contributed by atoms with Crippen LogP contribution in [0.25, 0.3) is 0 Å². The molecule has 1 saturated heterocycles. The number of piperidine rings is 1. The molecule has 1 aliphatic heterocycles. The van der Waals surface area contributed by atoms with E-state index in [1.807, 2.05) is 12.4 Å². The van der Waals surface area contributed by atoms with Gasteiger partial charge in [-0.3, -0.25) is 9.88 Å². The molecule has 0 bridgehead atoms. The first-order valence-electron chi connectivity index (χ1n) is 7.27. The molecule has 2 heterocycles. The van der Waals surface area contributed by atoms with Crippen molar-refractivity contribution in [3.63, 3.8) is 0 Å². The van der Waals surface area contributed by atoms with Crippen LogP contribution in [-0.2, 0) is 4.74 Å². The predicted octanol–water partition coefficient (Wildman–Crippen LogP) is 1.97. The van der Waals surface area contributed by atoms with Crippen molar-refractivity contribution in [2.45, 2.75) is 38.3 Å². The molecule has 2 N–H and O–H groups in total. The Morgan fingerprint density at radius 1 is 1.37 bits per heavy atom. The van der Waals surface area contributed by atoms with Gasteiger partial charge < -0.3 is 10.5 Å². The van der Waals surface area contributed by atoms with E-state index in [9.17, 15) is 0 Å². The number of hydrogen-bond donors (Lipinski definition) is 1. The van der Waals surface area contributed by atoms with E-state index in [0.29, 0.717) is 12.1 Å². The molecule has 1 fully saturated rings. The molecular formula is C15H25N3O. The van der Waals surface area contributed by atoms with E-state index in [0.717, 1.165) is 45.5 Å². The van der Waals surface area contributed by atoms with Crippen LogP contribution in [0.15, 0.2) is 24.5 Å². The molecule has 4 nitrogen and oxygen atoms in total. The van der Waals surface area contributed by atoms with Crippen molar-refractivity contribution in [1.29, 1.82) is 0 Å². The third-order valence-electron chi connectivity index (χ3n) is 3.91. The Bertz CT molecular complexity index is 350. The fourth-order valence-corrected chi connectivity index (χ4v) is 2.62. The second kappa shape index (κ2) is 7.58. The third-order valence-corrected chi connectivity index (χ3v) is 3.91. The van der Waals surface area contributed by atoms with E-state index in [2.05, 4.69) is 28.9 Å². The number of nitrogens with two attached hydrogens (primary N) is 1. The van der Waals surface area contributed by atoms with Crippen molar-refractivity contribution in [1.82, 2.24) is 9.88 Å². The summed E-state index contributed by atoms with van der Waals surface area (Å²) in [5.41, 5.74) is 6.82. The average Bonchev–Trinajstić information content (AvgIpc) is 2.48. The normalized spacial score (nSPS) is 19.5. The summed E-state index contributed by atoms with van der Waals surface area (Å²) in [5, 5.41) is 0. The number of rotatable bonds is 6. The largest absolute Gasteiger partial charge is 0.378 e. The van der Waals surface area contributed by atoms with E-state index in [-0.39, 0.29) is 0 Å². The minimum Gasteiger partial charge on any atom is -0.378 e. The molecule has 1 atom stereocenters. The molecule has 0 amide bonds. The summed E-state index contributed by atoms with van der Waals surface area (Å²) in [4.78, 5) is 6.60. The molecule has 4 heteroatoms. The van der Waals surface area contributed by atoms with Gasteiger partial charge in [0.2, 0.25) is 0 Å². The van der Waals surface area contributed by atoms with Crippen molar-refractivity contribution in [2.75, 3.05) is 26.2 Å². The number of hydrogen-bond acceptors (Lipinski definition) is 4. The summed E-state index contributed by atoms with van der Waals surface area (Å²) < 4.78 is 5.84. The van der Waals surface area contributed by atoms with Crippen LogP contribution in [0, 0.1) is 0 Å². The second-order valence-electron chi connectivity index (χ2n) is 5.20. The van der Waals surface area contributed by atoms with Gasteiger partial charge in [0, 0.05) is 38.1 Å². The fraction of sp³-hybridized carbons (Fsp3) is 0.667. The van der Waals surface area contributed by atoms with Crippen LogP contribution < -0.4 is 5.73 Å². The summed E-state index contributed by atoms with van der Waals surface area (Å²) in [5.74, 6) is 0. The van der Waals surface area contributed by atoms with Crippen molar-refractivity contribution in [3.8, 4) is 0 Å². The lowest BCUT2D eigenvalue weighted by atomic mass is 10.0. The third kappa shape index (κ3) is 4.27. The molecule has 1 unspecified atom stereocenters. The van der Waals surface area contributed by atoms with Crippen LogP contribution in [0.1, 0.15) is 37.8 Å². The van der Waals surface area contributed by atoms with Gasteiger partial charge in [-0.25, -0.2) is 0 Å². The Kier molecular flexibility index (Phi) is 5.76. The highest BCUT2D eigenvalue weighted by Gasteiger charge is 2.23. The maximum absolute atomic E-state index is 5.84. The summed E-state index contributed by atoms with van der Waals surface area (Å²) in [7, 11) is 0. The van der Waals surface area contributed by atoms with Gasteiger partial charge in [0.05, 0.1) is 6.10 Å². The first-order chi connectivity index (χ1) is 9.31. The van der Waals surface area contributed by atoms with Gasteiger partial charge in [-0.1, -0.05) is 0 Å². The molecule has 1 aromatic heterocycles. The van der Waals surface area contributed by atoms with Crippen molar-refractivity contribution >= 4 is 0 Å². The summed E-state index contributed by atoms with van der Waals surface area (Å²) >= 11 is 0. The Balaban J connectivity index is 1.77. The van der Waals surface area contributed by atoms with Crippen LogP contribution in [0.2, 0.25) is 0 Å². The Morgan fingerprint density at radius 2 is 2.05 bits per heavy atom. The lowest BCUT2D eigenvalue weighted by Crippen LogP contribution is -2.38. The fourth-order valence-electron chi connectivity index (χ4n) is 2.62. The molecular weight excluding hydrogens is 238 g/mol. The van der Waals surface area contributed by atoms with Crippen LogP contribution in [0.4, 0.5) is 0 Å². The van der Waals surface area contributed by atoms with Gasteiger partial charge in [0.25, 0.3) is 0 Å². The number of aromatic nitrogens is 1. The standard InChI is InChI=1S/C15H25N3O/c1-13(14-3-8-17-9-4-14)18-10-5-15(6-11-18)19-12-2-7-16/h3-4,8-9,13,15H,2,5-7,10-12,16H2,1H3. The van der Waals surface area contributed by atoms with Crippen LogP contribution >= 0.6 is 0 Å². The minimum atomic E-state index is 0.424. The maximum Gasteiger partial charge on any atom is 0.0599 e. The average molecular weight is 263 g/mol. The smallest absolute Gasteiger partial charge is 0.0599 e. The molecule has 0 saturated carbocycles. The Hall–Kier alpha value is -0.970. The van der Waals surface area contributed by atoms with Crippen molar-refractivity contribution in [2.24, 2.45) is 5.73 Å². The van der Waals surface area contributed by atoms with E-state index in [1.54, 1.807) is 0 Å². The van der Waals surface area contributed by atoms with Crippen LogP contribution in [0.3, 0.4) is 0 Å². The highest BCUT2D eigenvalue weighted by Crippen LogP contribution is 2.24. The van der Waals surface area contributed by atoms with E-state index < -0.39 is 0 Å².